The zero-order chi connectivity index (χ0) is 18.4. The number of nitrogens with one attached hydrogen (secondary N) is 1. The molecular formula is C19H21NO5. The Morgan fingerprint density at radius 3 is 2.20 bits per heavy atom. The molecule has 132 valence electrons. The average molecular weight is 343 g/mol. The zero-order valence-corrected chi connectivity index (χ0v) is 14.7. The van der Waals surface area contributed by atoms with Crippen LogP contribution in [0.1, 0.15) is 34.6 Å². The third-order valence-corrected chi connectivity index (χ3v) is 3.37. The van der Waals surface area contributed by atoms with Gasteiger partial charge in [0.15, 0.2) is 0 Å². The third kappa shape index (κ3) is 4.73. The molecule has 1 amide bonds. The Kier molecular flexibility index (Phi) is 6.00. The van der Waals surface area contributed by atoms with Crippen LogP contribution >= 0.6 is 0 Å². The Balaban J connectivity index is 2.12. The van der Waals surface area contributed by atoms with Gasteiger partial charge in [0.25, 0.3) is 5.91 Å². The normalized spacial score (nSPS) is 10.3. The molecule has 0 fully saturated rings. The van der Waals surface area contributed by atoms with Crippen molar-refractivity contribution in [3.05, 3.63) is 53.6 Å². The fourth-order valence-corrected chi connectivity index (χ4v) is 2.16. The summed E-state index contributed by atoms with van der Waals surface area (Å²) in [6.45, 7) is 3.57. The second-order valence-electron chi connectivity index (χ2n) is 5.55. The van der Waals surface area contributed by atoms with E-state index in [0.29, 0.717) is 28.3 Å². The van der Waals surface area contributed by atoms with E-state index in [1.54, 1.807) is 63.4 Å². The first-order valence-corrected chi connectivity index (χ1v) is 7.79. The second kappa shape index (κ2) is 8.19. The predicted molar refractivity (Wildman–Crippen MR) is 94.5 cm³/mol. The van der Waals surface area contributed by atoms with Gasteiger partial charge in [-0.3, -0.25) is 4.79 Å². The van der Waals surface area contributed by atoms with Crippen molar-refractivity contribution in [3.63, 3.8) is 0 Å². The van der Waals surface area contributed by atoms with E-state index in [0.717, 1.165) is 0 Å². The minimum Gasteiger partial charge on any atom is -0.497 e. The quantitative estimate of drug-likeness (QED) is 0.812. The number of rotatable bonds is 6. The van der Waals surface area contributed by atoms with E-state index in [1.165, 1.54) is 7.11 Å². The Labute approximate surface area is 146 Å². The number of anilines is 1. The van der Waals surface area contributed by atoms with E-state index >= 15 is 0 Å². The van der Waals surface area contributed by atoms with Crippen LogP contribution in [0.2, 0.25) is 0 Å². The summed E-state index contributed by atoms with van der Waals surface area (Å²) >= 11 is 0. The Morgan fingerprint density at radius 2 is 1.64 bits per heavy atom. The van der Waals surface area contributed by atoms with Crippen LogP contribution in [0.3, 0.4) is 0 Å². The van der Waals surface area contributed by atoms with Gasteiger partial charge in [0.2, 0.25) is 0 Å². The Hall–Kier alpha value is -3.02. The van der Waals surface area contributed by atoms with Gasteiger partial charge in [-0.2, -0.15) is 0 Å². The lowest BCUT2D eigenvalue weighted by Crippen LogP contribution is -2.14. The molecule has 1 N–H and O–H groups in total. The molecule has 0 aliphatic rings. The van der Waals surface area contributed by atoms with Crippen LogP contribution in [0.15, 0.2) is 42.5 Å². The average Bonchev–Trinajstić information content (AvgIpc) is 2.61. The molecule has 0 atom stereocenters. The highest BCUT2D eigenvalue weighted by Gasteiger charge is 2.14. The van der Waals surface area contributed by atoms with E-state index in [9.17, 15) is 9.59 Å². The number of ether oxygens (including phenoxy) is 3. The van der Waals surface area contributed by atoms with Crippen molar-refractivity contribution in [2.75, 3.05) is 19.5 Å². The van der Waals surface area contributed by atoms with Gasteiger partial charge in [-0.1, -0.05) is 0 Å². The second-order valence-corrected chi connectivity index (χ2v) is 5.55. The molecule has 0 radical (unpaired) electrons. The van der Waals surface area contributed by atoms with Gasteiger partial charge in [0.1, 0.15) is 11.5 Å². The van der Waals surface area contributed by atoms with Crippen LogP contribution in [0.25, 0.3) is 0 Å². The monoisotopic (exact) mass is 343 g/mol. The molecule has 0 aromatic heterocycles. The largest absolute Gasteiger partial charge is 0.497 e. The highest BCUT2D eigenvalue weighted by atomic mass is 16.5. The minimum atomic E-state index is -0.398. The third-order valence-electron chi connectivity index (χ3n) is 3.37. The van der Waals surface area contributed by atoms with Crippen molar-refractivity contribution in [1.29, 1.82) is 0 Å². The number of amides is 1. The van der Waals surface area contributed by atoms with Gasteiger partial charge in [-0.25, -0.2) is 4.79 Å². The van der Waals surface area contributed by atoms with Crippen LogP contribution in [0.5, 0.6) is 11.5 Å². The van der Waals surface area contributed by atoms with Crippen LogP contribution in [0.4, 0.5) is 5.69 Å². The Bertz CT molecular complexity index is 753. The maximum absolute atomic E-state index is 12.4. The number of hydrogen-bond acceptors (Lipinski definition) is 5. The van der Waals surface area contributed by atoms with Crippen LogP contribution in [-0.4, -0.2) is 32.2 Å². The first-order valence-electron chi connectivity index (χ1n) is 7.79. The summed E-state index contributed by atoms with van der Waals surface area (Å²) < 4.78 is 15.5. The topological polar surface area (TPSA) is 73.9 Å². The predicted octanol–water partition coefficient (Wildman–Crippen LogP) is 3.52. The molecule has 0 saturated carbocycles. The number of carbonyl (C=O) groups excluding carboxylic acids is 2. The van der Waals surface area contributed by atoms with Crippen LogP contribution in [0, 0.1) is 0 Å². The molecule has 0 heterocycles. The molecule has 25 heavy (non-hydrogen) atoms. The maximum Gasteiger partial charge on any atom is 0.338 e. The zero-order valence-electron chi connectivity index (χ0n) is 14.7. The lowest BCUT2D eigenvalue weighted by atomic mass is 10.1. The van der Waals surface area contributed by atoms with Gasteiger partial charge in [0, 0.05) is 11.8 Å². The van der Waals surface area contributed by atoms with E-state index in [2.05, 4.69) is 5.32 Å². The van der Waals surface area contributed by atoms with E-state index < -0.39 is 5.97 Å². The first kappa shape index (κ1) is 18.3. The summed E-state index contributed by atoms with van der Waals surface area (Å²) in [5.74, 6) is 0.289. The highest BCUT2D eigenvalue weighted by molar-refractivity contribution is 6.06. The van der Waals surface area contributed by atoms with Gasteiger partial charge in [-0.05, 0) is 50.2 Å². The summed E-state index contributed by atoms with van der Waals surface area (Å²) in [5, 5.41) is 2.77. The number of carbonyl (C=O) groups is 2. The summed E-state index contributed by atoms with van der Waals surface area (Å²) in [6, 6.07) is 11.4. The standard InChI is InChI=1S/C19H21NO5/c1-12(2)25-19(22)13-5-7-14(8-6-13)20-18(21)16-10-9-15(23-3)11-17(16)24-4/h5-12H,1-4H3,(H,20,21). The van der Waals surface area contributed by atoms with Crippen molar-refractivity contribution in [1.82, 2.24) is 0 Å². The van der Waals surface area contributed by atoms with Gasteiger partial charge >= 0.3 is 5.97 Å². The summed E-state index contributed by atoms with van der Waals surface area (Å²) in [4.78, 5) is 24.3. The SMILES string of the molecule is COc1ccc(C(=O)Nc2ccc(C(=O)OC(C)C)cc2)c(OC)c1. The van der Waals surface area contributed by atoms with Crippen molar-refractivity contribution < 1.29 is 23.8 Å². The fraction of sp³-hybridized carbons (Fsp3) is 0.263. The summed E-state index contributed by atoms with van der Waals surface area (Å²) in [6.07, 6.45) is -0.186. The Morgan fingerprint density at radius 1 is 0.960 bits per heavy atom. The van der Waals surface area contributed by atoms with E-state index in [1.807, 2.05) is 0 Å². The molecule has 0 spiro atoms. The molecule has 2 aromatic rings. The van der Waals surface area contributed by atoms with Crippen molar-refractivity contribution >= 4 is 17.6 Å². The van der Waals surface area contributed by atoms with Crippen molar-refractivity contribution in [3.8, 4) is 11.5 Å². The van der Waals surface area contributed by atoms with Crippen molar-refractivity contribution in [2.24, 2.45) is 0 Å². The maximum atomic E-state index is 12.4. The number of esters is 1. The molecule has 6 nitrogen and oxygen atoms in total. The van der Waals surface area contributed by atoms with E-state index in [-0.39, 0.29) is 12.0 Å². The minimum absolute atomic E-state index is 0.186. The van der Waals surface area contributed by atoms with E-state index in [4.69, 9.17) is 14.2 Å². The fourth-order valence-electron chi connectivity index (χ4n) is 2.16. The molecule has 0 saturated heterocycles. The molecule has 2 aromatic carbocycles. The van der Waals surface area contributed by atoms with Gasteiger partial charge in [-0.15, -0.1) is 0 Å². The number of methoxy groups -OCH3 is 2. The van der Waals surface area contributed by atoms with Crippen LogP contribution < -0.4 is 14.8 Å². The van der Waals surface area contributed by atoms with Gasteiger partial charge < -0.3 is 19.5 Å². The summed E-state index contributed by atoms with van der Waals surface area (Å²) in [7, 11) is 3.03. The number of benzene rings is 2. The molecular weight excluding hydrogens is 322 g/mol. The highest BCUT2D eigenvalue weighted by Crippen LogP contribution is 2.25. The summed E-state index contributed by atoms with van der Waals surface area (Å²) in [5.41, 5.74) is 1.37. The molecule has 6 heteroatoms. The molecule has 0 aliphatic heterocycles. The molecule has 0 unspecified atom stereocenters. The number of hydrogen-bond donors (Lipinski definition) is 1. The lowest BCUT2D eigenvalue weighted by molar-refractivity contribution is 0.0378. The molecule has 0 bridgehead atoms. The molecule has 2 rings (SSSR count). The van der Waals surface area contributed by atoms with Gasteiger partial charge in [0.05, 0.1) is 31.5 Å². The molecule has 0 aliphatic carbocycles. The first-order chi connectivity index (χ1) is 11.9. The van der Waals surface area contributed by atoms with Crippen molar-refractivity contribution in [2.45, 2.75) is 20.0 Å². The lowest BCUT2D eigenvalue weighted by Gasteiger charge is -2.11. The van der Waals surface area contributed by atoms with Crippen LogP contribution in [-0.2, 0) is 4.74 Å². The smallest absolute Gasteiger partial charge is 0.338 e.